The quantitative estimate of drug-likeness (QED) is 0.387. The number of carbonyl (C=O) groups excluding carboxylic acids is 2. The maximum Gasteiger partial charge on any atom is 0.0437 e. The zero-order chi connectivity index (χ0) is 11.3. The fourth-order valence-corrected chi connectivity index (χ4v) is 2.00. The van der Waals surface area contributed by atoms with Crippen molar-refractivity contribution in [3.63, 3.8) is 0 Å². The van der Waals surface area contributed by atoms with Gasteiger partial charge in [0.1, 0.15) is 0 Å². The summed E-state index contributed by atoms with van der Waals surface area (Å²) >= 11 is 0. The molecule has 0 rings (SSSR count). The van der Waals surface area contributed by atoms with Crippen molar-refractivity contribution >= 4 is 21.7 Å². The molecule has 13 heavy (non-hydrogen) atoms. The van der Waals surface area contributed by atoms with Gasteiger partial charge in [-0.05, 0) is 12.2 Å². The molecule has 0 unspecified atom stereocenters. The minimum absolute atomic E-state index is 0.500. The van der Waals surface area contributed by atoms with Crippen LogP contribution in [0.3, 0.4) is 0 Å². The molecule has 0 N–H and O–H groups in total. The molecule has 0 fully saturated rings. The Balaban J connectivity index is -0.000000140. The molecule has 0 saturated carbocycles. The molecule has 4 nitrogen and oxygen atoms in total. The van der Waals surface area contributed by atoms with Gasteiger partial charge in [0.2, 0.25) is 0 Å². The van der Waals surface area contributed by atoms with Crippen LogP contribution in [0.2, 0.25) is 11.1 Å². The van der Waals surface area contributed by atoms with Crippen molar-refractivity contribution in [2.75, 3.05) is 0 Å². The summed E-state index contributed by atoms with van der Waals surface area (Å²) in [6, 6.07) is 0. The van der Waals surface area contributed by atoms with Gasteiger partial charge in [0.05, 0.1) is 0 Å². The van der Waals surface area contributed by atoms with E-state index in [4.69, 9.17) is 20.4 Å². The van der Waals surface area contributed by atoms with Gasteiger partial charge in [-0.1, -0.05) is 38.8 Å². The third-order valence-electron chi connectivity index (χ3n) is 0.667. The molecule has 0 aromatic heterocycles. The first-order chi connectivity index (χ1) is 5.95. The molecule has 0 aromatic carbocycles. The van der Waals surface area contributed by atoms with E-state index >= 15 is 0 Å². The lowest BCUT2D eigenvalue weighted by molar-refractivity contribution is 0.568. The molecular formula is C8H14N2O2Si-2. The molecule has 0 spiro atoms. The van der Waals surface area contributed by atoms with Crippen molar-refractivity contribution < 1.29 is 9.59 Å². The molecule has 0 heterocycles. The van der Waals surface area contributed by atoms with E-state index in [1.165, 1.54) is 0 Å². The van der Waals surface area contributed by atoms with Gasteiger partial charge in [0.15, 0.2) is 0 Å². The lowest BCUT2D eigenvalue weighted by Gasteiger charge is -2.03. The zero-order valence-electron chi connectivity index (χ0n) is 8.37. The van der Waals surface area contributed by atoms with Crippen LogP contribution < -0.4 is 0 Å². The summed E-state index contributed by atoms with van der Waals surface area (Å²) in [6.07, 6.45) is 1.00. The van der Waals surface area contributed by atoms with E-state index in [-0.39, 0.29) is 0 Å². The molecule has 0 aliphatic heterocycles. The summed E-state index contributed by atoms with van der Waals surface area (Å²) < 4.78 is 0. The number of hydrogen-bond donors (Lipinski definition) is 0. The predicted octanol–water partition coefficient (Wildman–Crippen LogP) is 2.13. The Hall–Kier alpha value is -1.02. The van der Waals surface area contributed by atoms with Gasteiger partial charge < -0.3 is 10.8 Å². The topological polar surface area (TPSA) is 78.7 Å². The largest absolute Gasteiger partial charge is 0.724 e. The van der Waals surface area contributed by atoms with Gasteiger partial charge in [0, 0.05) is 9.52 Å². The Bertz CT molecular complexity index is 140. The highest BCUT2D eigenvalue weighted by atomic mass is 28.2. The van der Waals surface area contributed by atoms with Gasteiger partial charge in [0.25, 0.3) is 0 Å². The predicted molar refractivity (Wildman–Crippen MR) is 54.1 cm³/mol. The van der Waals surface area contributed by atoms with Crippen molar-refractivity contribution in [2.45, 2.75) is 38.8 Å². The van der Waals surface area contributed by atoms with Crippen molar-refractivity contribution in [1.29, 1.82) is 0 Å². The lowest BCUT2D eigenvalue weighted by Crippen LogP contribution is -1.98. The van der Waals surface area contributed by atoms with Crippen LogP contribution in [-0.4, -0.2) is 21.7 Å². The molecule has 5 heteroatoms. The summed E-state index contributed by atoms with van der Waals surface area (Å²) in [5, 5.41) is 13.5. The van der Waals surface area contributed by atoms with Gasteiger partial charge in [-0.15, -0.1) is 0 Å². The van der Waals surface area contributed by atoms with Crippen LogP contribution in [0.1, 0.15) is 27.7 Å². The Labute approximate surface area is 81.6 Å². The maximum absolute atomic E-state index is 8.24. The first-order valence-electron chi connectivity index (χ1n) is 3.74. The zero-order valence-corrected chi connectivity index (χ0v) is 9.37. The summed E-state index contributed by atoms with van der Waals surface area (Å²) in [5.74, 6) is 0. The third kappa shape index (κ3) is 99.8. The number of isocyanates is 2. The first-order valence-corrected chi connectivity index (χ1v) is 4.90. The second kappa shape index (κ2) is 17.2. The van der Waals surface area contributed by atoms with Crippen molar-refractivity contribution in [3.05, 3.63) is 10.8 Å². The molecule has 0 amide bonds. The van der Waals surface area contributed by atoms with Crippen LogP contribution in [0, 0.1) is 0 Å². The number of hydrogen-bond acceptors (Lipinski definition) is 2. The van der Waals surface area contributed by atoms with E-state index in [1.807, 2.05) is 0 Å². The lowest BCUT2D eigenvalue weighted by atomic mass is 10.5. The van der Waals surface area contributed by atoms with E-state index in [2.05, 4.69) is 27.7 Å². The van der Waals surface area contributed by atoms with Crippen LogP contribution in [0.15, 0.2) is 0 Å². The van der Waals surface area contributed by atoms with Gasteiger partial charge in [-0.3, -0.25) is 9.59 Å². The average Bonchev–Trinajstić information content (AvgIpc) is 1.86. The second-order valence-electron chi connectivity index (χ2n) is 2.66. The average molecular weight is 198 g/mol. The molecule has 0 aliphatic rings. The normalized spacial score (nSPS) is 7.23. The number of nitrogens with zero attached hydrogens (tertiary/aromatic N) is 2. The fraction of sp³-hybridized carbons (Fsp3) is 0.750. The number of rotatable bonds is 2. The summed E-state index contributed by atoms with van der Waals surface area (Å²) in [6.45, 7) is 9.10. The first kappa shape index (κ1) is 17.9. The molecule has 2 radical (unpaired) electrons. The molecule has 0 saturated heterocycles. The minimum atomic E-state index is 0.500. The Morgan fingerprint density at radius 3 is 1.08 bits per heavy atom. The van der Waals surface area contributed by atoms with Gasteiger partial charge in [-0.2, -0.15) is 0 Å². The minimum Gasteiger partial charge on any atom is -0.724 e. The molecule has 74 valence electrons. The Kier molecular flexibility index (Phi) is 23.7. The van der Waals surface area contributed by atoms with Crippen molar-refractivity contribution in [3.8, 4) is 0 Å². The summed E-state index contributed by atoms with van der Waals surface area (Å²) in [7, 11) is 1.15. The van der Waals surface area contributed by atoms with Crippen LogP contribution in [-0.2, 0) is 9.59 Å². The Morgan fingerprint density at radius 2 is 1.08 bits per heavy atom. The summed E-state index contributed by atoms with van der Waals surface area (Å²) in [5.41, 5.74) is 1.81. The second-order valence-corrected chi connectivity index (χ2v) is 5.30. The van der Waals surface area contributed by atoms with E-state index in [0.29, 0.717) is 12.2 Å². The standard InChI is InChI=1S/C6H14Si.2CNO/c1-5(2)7-6(3)4;2*2-1-3/h5-6H,1-4H3;;/q;2*-1. The van der Waals surface area contributed by atoms with Crippen molar-refractivity contribution in [1.82, 2.24) is 0 Å². The van der Waals surface area contributed by atoms with Crippen LogP contribution in [0.4, 0.5) is 0 Å². The highest BCUT2D eigenvalue weighted by Gasteiger charge is 1.97. The molecule has 0 aromatic rings. The Morgan fingerprint density at radius 1 is 0.923 bits per heavy atom. The van der Waals surface area contributed by atoms with Gasteiger partial charge in [-0.25, -0.2) is 0 Å². The smallest absolute Gasteiger partial charge is 0.0437 e. The molecular weight excluding hydrogens is 184 g/mol. The third-order valence-corrected chi connectivity index (χ3v) is 2.00. The van der Waals surface area contributed by atoms with E-state index in [0.717, 1.165) is 20.6 Å². The fourth-order valence-electron chi connectivity index (χ4n) is 0.667. The molecule has 0 bridgehead atoms. The maximum atomic E-state index is 8.24. The SMILES string of the molecule is CC(C)[Si]C(C)C.[N-]=C=O.[N-]=C=O. The highest BCUT2D eigenvalue weighted by molar-refractivity contribution is 6.38. The van der Waals surface area contributed by atoms with E-state index < -0.39 is 0 Å². The van der Waals surface area contributed by atoms with Crippen molar-refractivity contribution in [2.24, 2.45) is 0 Å². The summed E-state index contributed by atoms with van der Waals surface area (Å²) in [4.78, 5) is 16.5. The van der Waals surface area contributed by atoms with Gasteiger partial charge >= 0.3 is 0 Å². The van der Waals surface area contributed by atoms with Crippen LogP contribution in [0.5, 0.6) is 0 Å². The van der Waals surface area contributed by atoms with Crippen LogP contribution >= 0.6 is 0 Å². The molecule has 0 aliphatic carbocycles. The molecule has 0 atom stereocenters. The van der Waals surface area contributed by atoms with Crippen LogP contribution in [0.25, 0.3) is 10.8 Å². The monoisotopic (exact) mass is 198 g/mol. The highest BCUT2D eigenvalue weighted by Crippen LogP contribution is 2.07. The van der Waals surface area contributed by atoms with E-state index in [1.54, 1.807) is 0 Å². The van der Waals surface area contributed by atoms with E-state index in [9.17, 15) is 0 Å².